The summed E-state index contributed by atoms with van der Waals surface area (Å²) in [4.78, 5) is 33.6. The second kappa shape index (κ2) is 8.28. The van der Waals surface area contributed by atoms with Gasteiger partial charge in [-0.05, 0) is 68.4 Å². The number of rotatable bonds is 4. The molecule has 0 bridgehead atoms. The molecule has 2 amide bonds. The smallest absolute Gasteiger partial charge is 0.291 e. The zero-order valence-corrected chi connectivity index (χ0v) is 19.1. The predicted octanol–water partition coefficient (Wildman–Crippen LogP) is 4.29. The van der Waals surface area contributed by atoms with Crippen molar-refractivity contribution in [3.8, 4) is 0 Å². The van der Waals surface area contributed by atoms with E-state index in [0.29, 0.717) is 18.3 Å². The number of carbonyl (C=O) groups excluding carboxylic acids is 2. The first-order valence-electron chi connectivity index (χ1n) is 11.7. The van der Waals surface area contributed by atoms with E-state index >= 15 is 0 Å². The molecular weight excluding hydrogens is 419 g/mol. The van der Waals surface area contributed by atoms with Crippen LogP contribution in [0.25, 0.3) is 11.0 Å². The number of halogens is 1. The largest absolute Gasteiger partial charge is 0.351 e. The summed E-state index contributed by atoms with van der Waals surface area (Å²) in [6.07, 6.45) is 4.09. The monoisotopic (exact) mass is 448 g/mol. The molecule has 172 valence electrons. The van der Waals surface area contributed by atoms with Crippen molar-refractivity contribution in [3.63, 3.8) is 0 Å². The quantitative estimate of drug-likeness (QED) is 0.648. The van der Waals surface area contributed by atoms with Gasteiger partial charge in [0.25, 0.3) is 5.91 Å². The van der Waals surface area contributed by atoms with Crippen molar-refractivity contribution in [2.24, 2.45) is 5.92 Å². The Kier molecular flexibility index (Phi) is 5.43. The van der Waals surface area contributed by atoms with Gasteiger partial charge in [-0.25, -0.2) is 9.37 Å². The van der Waals surface area contributed by atoms with Crippen LogP contribution in [0, 0.1) is 11.7 Å². The van der Waals surface area contributed by atoms with Crippen LogP contribution in [0.15, 0.2) is 48.5 Å². The molecule has 0 saturated heterocycles. The molecular formula is C26H29FN4O2. The van der Waals surface area contributed by atoms with Gasteiger partial charge in [0.2, 0.25) is 5.91 Å². The van der Waals surface area contributed by atoms with E-state index in [1.807, 2.05) is 35.8 Å². The minimum Gasteiger partial charge on any atom is -0.351 e. The molecule has 3 aromatic rings. The number of nitrogens with zero attached hydrogens (tertiary/aromatic N) is 3. The first-order valence-corrected chi connectivity index (χ1v) is 11.7. The van der Waals surface area contributed by atoms with Gasteiger partial charge in [-0.2, -0.15) is 0 Å². The SMILES string of the molecule is CC1CCC(NC(=O)[C@]2(C)Cn3c(nc4ccccc43)C(=O)N2Cc2ccc(F)cc2)CC1. The fourth-order valence-electron chi connectivity index (χ4n) is 5.10. The van der Waals surface area contributed by atoms with Crippen molar-refractivity contribution in [3.05, 3.63) is 65.7 Å². The Balaban J connectivity index is 1.52. The minimum absolute atomic E-state index is 0.120. The number of hydrogen-bond donors (Lipinski definition) is 1. The first kappa shape index (κ1) is 21.6. The van der Waals surface area contributed by atoms with Gasteiger partial charge in [0.15, 0.2) is 5.82 Å². The number of hydrogen-bond acceptors (Lipinski definition) is 3. The van der Waals surface area contributed by atoms with Crippen LogP contribution < -0.4 is 5.32 Å². The molecule has 0 unspecified atom stereocenters. The fourth-order valence-corrected chi connectivity index (χ4v) is 5.10. The van der Waals surface area contributed by atoms with Crippen LogP contribution in [0.3, 0.4) is 0 Å². The van der Waals surface area contributed by atoms with Crippen LogP contribution in [0.2, 0.25) is 0 Å². The molecule has 1 atom stereocenters. The summed E-state index contributed by atoms with van der Waals surface area (Å²) in [6, 6.07) is 13.8. The highest BCUT2D eigenvalue weighted by molar-refractivity contribution is 6.01. The number of carbonyl (C=O) groups is 2. The summed E-state index contributed by atoms with van der Waals surface area (Å²) in [7, 11) is 0. The number of para-hydroxylation sites is 2. The standard InChI is InChI=1S/C26H29FN4O2/c1-17-7-13-20(14-8-17)28-25(33)26(2)16-30-22-6-4-3-5-21(22)29-23(30)24(32)31(26)15-18-9-11-19(27)12-10-18/h3-6,9-12,17,20H,7-8,13-16H2,1-2H3,(H,28,33)/t17?,20?,26-/m0/s1. The van der Waals surface area contributed by atoms with Crippen molar-refractivity contribution < 1.29 is 14.0 Å². The number of nitrogens with one attached hydrogen (secondary N) is 1. The van der Waals surface area contributed by atoms with Gasteiger partial charge in [-0.1, -0.05) is 31.2 Å². The molecule has 6 nitrogen and oxygen atoms in total. The lowest BCUT2D eigenvalue weighted by atomic mass is 9.86. The van der Waals surface area contributed by atoms with Crippen LogP contribution in [0.4, 0.5) is 4.39 Å². The third kappa shape index (κ3) is 3.90. The number of aromatic nitrogens is 2. The summed E-state index contributed by atoms with van der Waals surface area (Å²) in [5.74, 6) is 0.227. The molecule has 2 heterocycles. The number of amides is 2. The van der Waals surface area contributed by atoms with E-state index in [-0.39, 0.29) is 30.2 Å². The summed E-state index contributed by atoms with van der Waals surface area (Å²) in [6.45, 7) is 4.58. The average molecular weight is 449 g/mol. The molecule has 2 aliphatic rings. The minimum atomic E-state index is -1.11. The molecule has 2 aromatic carbocycles. The molecule has 7 heteroatoms. The van der Waals surface area contributed by atoms with Crippen LogP contribution in [0.1, 0.15) is 55.7 Å². The highest BCUT2D eigenvalue weighted by Gasteiger charge is 2.48. The van der Waals surface area contributed by atoms with Crippen molar-refractivity contribution >= 4 is 22.8 Å². The van der Waals surface area contributed by atoms with Gasteiger partial charge in [0.05, 0.1) is 17.6 Å². The third-order valence-electron chi connectivity index (χ3n) is 7.25. The number of imidazole rings is 1. The normalized spacial score (nSPS) is 25.2. The van der Waals surface area contributed by atoms with E-state index in [9.17, 15) is 14.0 Å². The van der Waals surface area contributed by atoms with E-state index in [0.717, 1.165) is 42.3 Å². The molecule has 1 aliphatic carbocycles. The third-order valence-corrected chi connectivity index (χ3v) is 7.25. The van der Waals surface area contributed by atoms with Crippen LogP contribution in [0.5, 0.6) is 0 Å². The Morgan fingerprint density at radius 3 is 2.55 bits per heavy atom. The lowest BCUT2D eigenvalue weighted by Gasteiger charge is -2.44. The average Bonchev–Trinajstić information content (AvgIpc) is 3.18. The molecule has 0 radical (unpaired) electrons. The van der Waals surface area contributed by atoms with E-state index in [1.54, 1.807) is 17.0 Å². The molecule has 1 saturated carbocycles. The van der Waals surface area contributed by atoms with Gasteiger partial charge in [-0.3, -0.25) is 9.59 Å². The predicted molar refractivity (Wildman–Crippen MR) is 124 cm³/mol. The molecule has 1 fully saturated rings. The number of fused-ring (bicyclic) bond motifs is 3. The van der Waals surface area contributed by atoms with Gasteiger partial charge < -0.3 is 14.8 Å². The summed E-state index contributed by atoms with van der Waals surface area (Å²) >= 11 is 0. The van der Waals surface area contributed by atoms with Crippen LogP contribution in [-0.4, -0.2) is 37.8 Å². The Morgan fingerprint density at radius 2 is 1.82 bits per heavy atom. The first-order chi connectivity index (χ1) is 15.8. The maximum Gasteiger partial charge on any atom is 0.291 e. The zero-order valence-electron chi connectivity index (χ0n) is 19.1. The lowest BCUT2D eigenvalue weighted by Crippen LogP contribution is -2.64. The summed E-state index contributed by atoms with van der Waals surface area (Å²) in [5, 5.41) is 3.24. The Labute approximate surface area is 192 Å². The molecule has 33 heavy (non-hydrogen) atoms. The van der Waals surface area contributed by atoms with E-state index in [2.05, 4.69) is 17.2 Å². The number of benzene rings is 2. The highest BCUT2D eigenvalue weighted by Crippen LogP contribution is 2.33. The Bertz CT molecular complexity index is 1200. The van der Waals surface area contributed by atoms with Gasteiger partial charge >= 0.3 is 0 Å². The molecule has 1 aliphatic heterocycles. The summed E-state index contributed by atoms with van der Waals surface area (Å²) in [5.41, 5.74) is 1.23. The maximum absolute atomic E-state index is 13.7. The molecule has 0 spiro atoms. The van der Waals surface area contributed by atoms with Crippen molar-refractivity contribution in [2.45, 2.75) is 64.2 Å². The molecule has 5 rings (SSSR count). The Hall–Kier alpha value is -3.22. The topological polar surface area (TPSA) is 67.2 Å². The van der Waals surface area contributed by atoms with Gasteiger partial charge in [-0.15, -0.1) is 0 Å². The van der Waals surface area contributed by atoms with Crippen LogP contribution >= 0.6 is 0 Å². The highest BCUT2D eigenvalue weighted by atomic mass is 19.1. The lowest BCUT2D eigenvalue weighted by molar-refractivity contribution is -0.134. The second-order valence-corrected chi connectivity index (χ2v) is 9.73. The fraction of sp³-hybridized carbons (Fsp3) is 0.423. The van der Waals surface area contributed by atoms with Gasteiger partial charge in [0, 0.05) is 12.6 Å². The molecule has 1 aromatic heterocycles. The zero-order chi connectivity index (χ0) is 23.2. The van der Waals surface area contributed by atoms with Gasteiger partial charge in [0.1, 0.15) is 11.4 Å². The van der Waals surface area contributed by atoms with E-state index < -0.39 is 5.54 Å². The van der Waals surface area contributed by atoms with Crippen LogP contribution in [-0.2, 0) is 17.9 Å². The van der Waals surface area contributed by atoms with E-state index in [1.165, 1.54) is 12.1 Å². The van der Waals surface area contributed by atoms with E-state index in [4.69, 9.17) is 0 Å². The molecule has 1 N–H and O–H groups in total. The maximum atomic E-state index is 13.7. The second-order valence-electron chi connectivity index (χ2n) is 9.73. The Morgan fingerprint density at radius 1 is 1.12 bits per heavy atom. The van der Waals surface area contributed by atoms with Crippen molar-refractivity contribution in [1.29, 1.82) is 0 Å². The van der Waals surface area contributed by atoms with Crippen molar-refractivity contribution in [2.75, 3.05) is 0 Å². The van der Waals surface area contributed by atoms with Crippen molar-refractivity contribution in [1.82, 2.24) is 19.8 Å². The summed E-state index contributed by atoms with van der Waals surface area (Å²) < 4.78 is 15.3.